The summed E-state index contributed by atoms with van der Waals surface area (Å²) < 4.78 is 0. The molecule has 1 saturated heterocycles. The Kier molecular flexibility index (Phi) is 5.59. The van der Waals surface area contributed by atoms with Crippen molar-refractivity contribution < 1.29 is 9.59 Å². The van der Waals surface area contributed by atoms with Crippen LogP contribution in [0, 0.1) is 0 Å². The Labute approximate surface area is 197 Å². The lowest BCUT2D eigenvalue weighted by molar-refractivity contribution is -0.112. The van der Waals surface area contributed by atoms with Gasteiger partial charge in [-0.05, 0) is 53.8 Å². The van der Waals surface area contributed by atoms with Crippen LogP contribution in [0.25, 0.3) is 38.7 Å². The number of carbonyl (C=O) groups excluding carboxylic acids is 2. The number of benzene rings is 2. The van der Waals surface area contributed by atoms with E-state index in [1.54, 1.807) is 24.5 Å². The van der Waals surface area contributed by atoms with Gasteiger partial charge in [-0.25, -0.2) is 9.97 Å². The number of aromatic nitrogens is 3. The largest absolute Gasteiger partial charge is 0.366 e. The van der Waals surface area contributed by atoms with Crippen molar-refractivity contribution in [2.24, 2.45) is 5.73 Å². The van der Waals surface area contributed by atoms with E-state index in [1.165, 1.54) is 6.33 Å². The molecular formula is C27H23N5O2. The van der Waals surface area contributed by atoms with Crippen molar-refractivity contribution in [2.45, 2.75) is 12.8 Å². The van der Waals surface area contributed by atoms with Gasteiger partial charge in [-0.3, -0.25) is 14.6 Å². The van der Waals surface area contributed by atoms with E-state index in [0.717, 1.165) is 59.1 Å². The molecule has 2 N–H and O–H groups in total. The van der Waals surface area contributed by atoms with Crippen molar-refractivity contribution >= 4 is 28.3 Å². The second-order valence-corrected chi connectivity index (χ2v) is 8.34. The molecule has 2 amide bonds. The van der Waals surface area contributed by atoms with Crippen LogP contribution >= 0.6 is 0 Å². The van der Waals surface area contributed by atoms with Gasteiger partial charge in [0.25, 0.3) is 5.91 Å². The number of pyridine rings is 1. The second kappa shape index (κ2) is 8.86. The highest BCUT2D eigenvalue weighted by atomic mass is 16.2. The maximum absolute atomic E-state index is 12.7. The standard InChI is InChI=1S/C27H23N5O2/c1-17(26(28)33)18-5-4-6-19(11-18)23-13-21(12-22-14-29-16-31-25(22)23)20-7-8-24(30-15-20)27(34)32-9-2-3-10-32/h4-8,11-16H,1-3,9-10H2,(H2,28,33). The minimum absolute atomic E-state index is 0.0249. The predicted molar refractivity (Wildman–Crippen MR) is 132 cm³/mol. The first-order valence-corrected chi connectivity index (χ1v) is 11.1. The molecule has 1 aliphatic rings. The summed E-state index contributed by atoms with van der Waals surface area (Å²) in [7, 11) is 0. The number of amides is 2. The summed E-state index contributed by atoms with van der Waals surface area (Å²) in [6.45, 7) is 5.38. The van der Waals surface area contributed by atoms with E-state index in [9.17, 15) is 9.59 Å². The van der Waals surface area contributed by atoms with Crippen molar-refractivity contribution in [1.82, 2.24) is 19.9 Å². The van der Waals surface area contributed by atoms with Gasteiger partial charge >= 0.3 is 0 Å². The molecule has 168 valence electrons. The number of rotatable bonds is 5. The van der Waals surface area contributed by atoms with Gasteiger partial charge in [0.15, 0.2) is 0 Å². The second-order valence-electron chi connectivity index (χ2n) is 8.34. The molecule has 1 aliphatic heterocycles. The highest BCUT2D eigenvalue weighted by molar-refractivity contribution is 6.18. The Morgan fingerprint density at radius 3 is 2.47 bits per heavy atom. The molecule has 0 radical (unpaired) electrons. The molecule has 0 saturated carbocycles. The highest BCUT2D eigenvalue weighted by Crippen LogP contribution is 2.33. The van der Waals surface area contributed by atoms with Gasteiger partial charge in [0.2, 0.25) is 5.91 Å². The molecule has 2 aromatic carbocycles. The lowest BCUT2D eigenvalue weighted by atomic mass is 9.94. The van der Waals surface area contributed by atoms with Crippen LogP contribution in [-0.4, -0.2) is 44.8 Å². The maximum Gasteiger partial charge on any atom is 0.272 e. The number of nitrogens with two attached hydrogens (primary N) is 1. The first kappa shape index (κ1) is 21.5. The topological polar surface area (TPSA) is 102 Å². The Morgan fingerprint density at radius 1 is 0.912 bits per heavy atom. The molecule has 0 unspecified atom stereocenters. The number of fused-ring (bicyclic) bond motifs is 1. The Morgan fingerprint density at radius 2 is 1.74 bits per heavy atom. The minimum atomic E-state index is -0.562. The van der Waals surface area contributed by atoms with Crippen molar-refractivity contribution in [3.63, 3.8) is 0 Å². The molecule has 34 heavy (non-hydrogen) atoms. The van der Waals surface area contributed by atoms with Crippen LogP contribution < -0.4 is 5.73 Å². The van der Waals surface area contributed by atoms with E-state index in [2.05, 4.69) is 21.5 Å². The quantitative estimate of drug-likeness (QED) is 0.462. The first-order chi connectivity index (χ1) is 16.5. The third-order valence-corrected chi connectivity index (χ3v) is 6.14. The third-order valence-electron chi connectivity index (χ3n) is 6.14. The maximum atomic E-state index is 12.7. The molecule has 7 nitrogen and oxygen atoms in total. The van der Waals surface area contributed by atoms with Crippen molar-refractivity contribution in [1.29, 1.82) is 0 Å². The van der Waals surface area contributed by atoms with E-state index in [1.807, 2.05) is 41.3 Å². The lowest BCUT2D eigenvalue weighted by Gasteiger charge is -2.15. The van der Waals surface area contributed by atoms with Gasteiger partial charge in [0, 0.05) is 47.6 Å². The molecule has 0 bridgehead atoms. The van der Waals surface area contributed by atoms with Gasteiger partial charge < -0.3 is 10.6 Å². The van der Waals surface area contributed by atoms with Crippen LogP contribution in [0.3, 0.4) is 0 Å². The van der Waals surface area contributed by atoms with Gasteiger partial charge in [0.05, 0.1) is 5.52 Å². The fraction of sp³-hybridized carbons (Fsp3) is 0.148. The smallest absolute Gasteiger partial charge is 0.272 e. The first-order valence-electron chi connectivity index (χ1n) is 11.1. The van der Waals surface area contributed by atoms with Crippen LogP contribution in [0.2, 0.25) is 0 Å². The summed E-state index contributed by atoms with van der Waals surface area (Å²) in [5, 5.41) is 0.867. The normalized spacial score (nSPS) is 13.2. The molecule has 0 atom stereocenters. The van der Waals surface area contributed by atoms with E-state index in [0.29, 0.717) is 11.3 Å². The average molecular weight is 450 g/mol. The molecule has 7 heteroatoms. The van der Waals surface area contributed by atoms with E-state index in [-0.39, 0.29) is 11.5 Å². The molecule has 2 aromatic heterocycles. The molecule has 1 fully saturated rings. The van der Waals surface area contributed by atoms with Gasteiger partial charge in [0.1, 0.15) is 12.0 Å². The van der Waals surface area contributed by atoms with Crippen molar-refractivity contribution in [2.75, 3.05) is 13.1 Å². The summed E-state index contributed by atoms with van der Waals surface area (Å²) in [5.41, 5.74) is 11.1. The summed E-state index contributed by atoms with van der Waals surface area (Å²) in [6, 6.07) is 15.2. The van der Waals surface area contributed by atoms with Gasteiger partial charge in [-0.15, -0.1) is 0 Å². The van der Waals surface area contributed by atoms with Crippen molar-refractivity contribution in [3.05, 3.63) is 85.1 Å². The number of primary amides is 1. The lowest BCUT2D eigenvalue weighted by Crippen LogP contribution is -2.28. The van der Waals surface area contributed by atoms with Crippen LogP contribution in [0.15, 0.2) is 73.8 Å². The van der Waals surface area contributed by atoms with Gasteiger partial charge in [-0.1, -0.05) is 30.8 Å². The van der Waals surface area contributed by atoms with Gasteiger partial charge in [-0.2, -0.15) is 0 Å². The fourth-order valence-electron chi connectivity index (χ4n) is 4.28. The zero-order valence-corrected chi connectivity index (χ0v) is 18.6. The van der Waals surface area contributed by atoms with E-state index in [4.69, 9.17) is 5.73 Å². The van der Waals surface area contributed by atoms with Crippen LogP contribution in [0.1, 0.15) is 28.9 Å². The molecule has 5 rings (SSSR count). The molecule has 0 spiro atoms. The SMILES string of the molecule is C=C(C(N)=O)c1cccc(-c2cc(-c3ccc(C(=O)N4CCCC4)nc3)cc3cncnc23)c1. The average Bonchev–Trinajstić information content (AvgIpc) is 3.42. The Bertz CT molecular complexity index is 1420. The summed E-state index contributed by atoms with van der Waals surface area (Å²) in [4.78, 5) is 39.3. The number of likely N-dealkylation sites (tertiary alicyclic amines) is 1. The number of hydrogen-bond acceptors (Lipinski definition) is 5. The zero-order chi connectivity index (χ0) is 23.7. The van der Waals surface area contributed by atoms with Crippen LogP contribution in [-0.2, 0) is 4.79 Å². The molecule has 3 heterocycles. The summed E-state index contributed by atoms with van der Waals surface area (Å²) >= 11 is 0. The highest BCUT2D eigenvalue weighted by Gasteiger charge is 2.20. The third kappa shape index (κ3) is 4.03. The summed E-state index contributed by atoms with van der Waals surface area (Å²) in [5.74, 6) is -0.587. The molecule has 4 aromatic rings. The molecule has 0 aliphatic carbocycles. The Hall–Kier alpha value is -4.39. The number of hydrogen-bond donors (Lipinski definition) is 1. The Balaban J connectivity index is 1.57. The monoisotopic (exact) mass is 449 g/mol. The van der Waals surface area contributed by atoms with E-state index < -0.39 is 5.91 Å². The minimum Gasteiger partial charge on any atom is -0.366 e. The van der Waals surface area contributed by atoms with Crippen LogP contribution in [0.5, 0.6) is 0 Å². The number of nitrogens with zero attached hydrogens (tertiary/aromatic N) is 4. The molecular weight excluding hydrogens is 426 g/mol. The number of carbonyl (C=O) groups is 2. The van der Waals surface area contributed by atoms with E-state index >= 15 is 0 Å². The predicted octanol–water partition coefficient (Wildman–Crippen LogP) is 4.09. The summed E-state index contributed by atoms with van der Waals surface area (Å²) in [6.07, 6.45) is 7.08. The zero-order valence-electron chi connectivity index (χ0n) is 18.6. The fourth-order valence-corrected chi connectivity index (χ4v) is 4.28. The van der Waals surface area contributed by atoms with Crippen LogP contribution in [0.4, 0.5) is 0 Å². The van der Waals surface area contributed by atoms with Crippen molar-refractivity contribution in [3.8, 4) is 22.3 Å².